The highest BCUT2D eigenvalue weighted by Crippen LogP contribution is 2.48. The number of fused-ring (bicyclic) bond motifs is 2. The van der Waals surface area contributed by atoms with Gasteiger partial charge in [-0.25, -0.2) is 0 Å². The summed E-state index contributed by atoms with van der Waals surface area (Å²) in [6.07, 6.45) is 7.44. The molecule has 5 unspecified atom stereocenters. The summed E-state index contributed by atoms with van der Waals surface area (Å²) < 4.78 is 0. The normalized spacial score (nSPS) is 42.0. The van der Waals surface area contributed by atoms with E-state index in [9.17, 15) is 0 Å². The Hall–Kier alpha value is -0.0800. The molecule has 0 amide bonds. The molecule has 2 heteroatoms. The Bertz CT molecular complexity index is 338. The first-order chi connectivity index (χ1) is 9.48. The molecule has 20 heavy (non-hydrogen) atoms. The average molecular weight is 278 g/mol. The topological polar surface area (TPSA) is 15.3 Å². The van der Waals surface area contributed by atoms with Gasteiger partial charge < -0.3 is 5.32 Å². The largest absolute Gasteiger partial charge is 0.309 e. The summed E-state index contributed by atoms with van der Waals surface area (Å²) in [5.41, 5.74) is 0.293. The minimum atomic E-state index is 0.293. The maximum atomic E-state index is 3.77. The summed E-state index contributed by atoms with van der Waals surface area (Å²) in [6.45, 7) is 13.3. The Labute approximate surface area is 125 Å². The van der Waals surface area contributed by atoms with Crippen molar-refractivity contribution in [1.29, 1.82) is 0 Å². The van der Waals surface area contributed by atoms with E-state index in [0.29, 0.717) is 5.54 Å². The number of hydrogen-bond acceptors (Lipinski definition) is 2. The summed E-state index contributed by atoms with van der Waals surface area (Å²) in [4.78, 5) is 2.86. The average Bonchev–Trinajstić information content (AvgIpc) is 2.99. The van der Waals surface area contributed by atoms with Gasteiger partial charge in [-0.2, -0.15) is 0 Å². The lowest BCUT2D eigenvalue weighted by atomic mass is 9.85. The molecule has 2 nitrogen and oxygen atoms in total. The van der Waals surface area contributed by atoms with Gasteiger partial charge in [0.25, 0.3) is 0 Å². The highest BCUT2D eigenvalue weighted by molar-refractivity contribution is 4.97. The molecule has 3 aliphatic rings. The van der Waals surface area contributed by atoms with E-state index in [-0.39, 0.29) is 0 Å². The van der Waals surface area contributed by atoms with Crippen LogP contribution in [0.5, 0.6) is 0 Å². The van der Waals surface area contributed by atoms with Gasteiger partial charge in [-0.05, 0) is 56.8 Å². The number of hydrogen-bond donors (Lipinski definition) is 1. The Morgan fingerprint density at radius 3 is 2.65 bits per heavy atom. The molecule has 116 valence electrons. The van der Waals surface area contributed by atoms with Crippen LogP contribution in [0.3, 0.4) is 0 Å². The smallest absolute Gasteiger partial charge is 0.0252 e. The third kappa shape index (κ3) is 2.92. The molecular formula is C18H34N2. The maximum absolute atomic E-state index is 3.77. The van der Waals surface area contributed by atoms with Crippen molar-refractivity contribution in [2.24, 2.45) is 23.7 Å². The van der Waals surface area contributed by atoms with E-state index in [2.05, 4.69) is 37.9 Å². The van der Waals surface area contributed by atoms with E-state index in [1.54, 1.807) is 6.42 Å². The lowest BCUT2D eigenvalue weighted by molar-refractivity contribution is 0.0417. The molecule has 0 radical (unpaired) electrons. The molecule has 0 aromatic rings. The molecule has 3 rings (SSSR count). The molecule has 5 atom stereocenters. The lowest BCUT2D eigenvalue weighted by Gasteiger charge is -2.48. The number of nitrogens with one attached hydrogen (secondary N) is 1. The molecule has 2 aliphatic carbocycles. The van der Waals surface area contributed by atoms with E-state index < -0.39 is 0 Å². The standard InChI is InChI=1S/C18H34N2/c1-5-13(2)17-10-19-18(3,4)12-20(17)11-16-9-14-6-7-15(16)8-14/h13-17,19H,5-12H2,1-4H3. The van der Waals surface area contributed by atoms with E-state index in [0.717, 1.165) is 29.7 Å². The molecule has 2 saturated carbocycles. The molecule has 3 fully saturated rings. The minimum Gasteiger partial charge on any atom is -0.309 e. The van der Waals surface area contributed by atoms with Crippen molar-refractivity contribution < 1.29 is 0 Å². The van der Waals surface area contributed by atoms with E-state index >= 15 is 0 Å². The fourth-order valence-electron chi connectivity index (χ4n) is 5.13. The van der Waals surface area contributed by atoms with Crippen LogP contribution in [0.4, 0.5) is 0 Å². The predicted octanol–water partition coefficient (Wildman–Crippen LogP) is 3.52. The van der Waals surface area contributed by atoms with Crippen LogP contribution in [0.25, 0.3) is 0 Å². The minimum absolute atomic E-state index is 0.293. The van der Waals surface area contributed by atoms with Crippen LogP contribution in [0.1, 0.15) is 59.8 Å². The van der Waals surface area contributed by atoms with Crippen LogP contribution < -0.4 is 5.32 Å². The quantitative estimate of drug-likeness (QED) is 0.846. The van der Waals surface area contributed by atoms with Gasteiger partial charge in [-0.15, -0.1) is 0 Å². The highest BCUT2D eigenvalue weighted by Gasteiger charge is 2.42. The van der Waals surface area contributed by atoms with Crippen molar-refractivity contribution in [2.45, 2.75) is 71.4 Å². The van der Waals surface area contributed by atoms with Crippen LogP contribution >= 0.6 is 0 Å². The molecule has 0 aromatic carbocycles. The number of nitrogens with zero attached hydrogens (tertiary/aromatic N) is 1. The van der Waals surface area contributed by atoms with Gasteiger partial charge in [0.05, 0.1) is 0 Å². The summed E-state index contributed by atoms with van der Waals surface area (Å²) in [6, 6.07) is 0.757. The van der Waals surface area contributed by atoms with Crippen molar-refractivity contribution in [3.63, 3.8) is 0 Å². The van der Waals surface area contributed by atoms with Crippen LogP contribution in [0.2, 0.25) is 0 Å². The first-order valence-corrected chi connectivity index (χ1v) is 8.97. The van der Waals surface area contributed by atoms with Gasteiger partial charge in [0.15, 0.2) is 0 Å². The highest BCUT2D eigenvalue weighted by atomic mass is 15.3. The molecule has 1 heterocycles. The number of rotatable bonds is 4. The third-order valence-electron chi connectivity index (χ3n) is 6.51. The summed E-state index contributed by atoms with van der Waals surface area (Å²) in [7, 11) is 0. The van der Waals surface area contributed by atoms with Crippen molar-refractivity contribution in [3.05, 3.63) is 0 Å². The van der Waals surface area contributed by atoms with Crippen LogP contribution in [0, 0.1) is 23.7 Å². The summed E-state index contributed by atoms with van der Waals surface area (Å²) in [5, 5.41) is 3.77. The zero-order valence-corrected chi connectivity index (χ0v) is 14.0. The Kier molecular flexibility index (Phi) is 4.16. The third-order valence-corrected chi connectivity index (χ3v) is 6.51. The molecule has 0 spiro atoms. The van der Waals surface area contributed by atoms with Crippen LogP contribution in [0.15, 0.2) is 0 Å². The second-order valence-electron chi connectivity index (χ2n) is 8.58. The second kappa shape index (κ2) is 5.61. The van der Waals surface area contributed by atoms with E-state index in [1.807, 2.05) is 0 Å². The summed E-state index contributed by atoms with van der Waals surface area (Å²) in [5.74, 6) is 3.98. The van der Waals surface area contributed by atoms with Gasteiger partial charge in [0.2, 0.25) is 0 Å². The molecule has 1 N–H and O–H groups in total. The predicted molar refractivity (Wildman–Crippen MR) is 85.8 cm³/mol. The zero-order chi connectivity index (χ0) is 14.3. The second-order valence-corrected chi connectivity index (χ2v) is 8.58. The van der Waals surface area contributed by atoms with Gasteiger partial charge in [-0.3, -0.25) is 4.90 Å². The van der Waals surface area contributed by atoms with Crippen molar-refractivity contribution in [3.8, 4) is 0 Å². The first-order valence-electron chi connectivity index (χ1n) is 8.97. The first kappa shape index (κ1) is 14.8. The van der Waals surface area contributed by atoms with Crippen LogP contribution in [-0.2, 0) is 0 Å². The SMILES string of the molecule is CCC(C)C1CNC(C)(C)CN1CC1CC2CCC1C2. The van der Waals surface area contributed by atoms with Crippen molar-refractivity contribution in [2.75, 3.05) is 19.6 Å². The zero-order valence-electron chi connectivity index (χ0n) is 14.0. The molecular weight excluding hydrogens is 244 g/mol. The van der Waals surface area contributed by atoms with Crippen molar-refractivity contribution >= 4 is 0 Å². The van der Waals surface area contributed by atoms with Gasteiger partial charge >= 0.3 is 0 Å². The fraction of sp³-hybridized carbons (Fsp3) is 1.00. The molecule has 0 aromatic heterocycles. The Balaban J connectivity index is 1.66. The summed E-state index contributed by atoms with van der Waals surface area (Å²) >= 11 is 0. The van der Waals surface area contributed by atoms with Gasteiger partial charge in [0.1, 0.15) is 0 Å². The Morgan fingerprint density at radius 1 is 1.25 bits per heavy atom. The molecule has 1 saturated heterocycles. The van der Waals surface area contributed by atoms with Gasteiger partial charge in [0, 0.05) is 31.2 Å². The number of piperazine rings is 1. The van der Waals surface area contributed by atoms with Crippen molar-refractivity contribution in [1.82, 2.24) is 10.2 Å². The van der Waals surface area contributed by atoms with E-state index in [1.165, 1.54) is 45.3 Å². The lowest BCUT2D eigenvalue weighted by Crippen LogP contribution is -2.63. The van der Waals surface area contributed by atoms with E-state index in [4.69, 9.17) is 0 Å². The van der Waals surface area contributed by atoms with Crippen LogP contribution in [-0.4, -0.2) is 36.1 Å². The maximum Gasteiger partial charge on any atom is 0.0252 e. The molecule has 1 aliphatic heterocycles. The Morgan fingerprint density at radius 2 is 2.05 bits per heavy atom. The molecule has 2 bridgehead atoms. The fourth-order valence-corrected chi connectivity index (χ4v) is 5.13. The van der Waals surface area contributed by atoms with Gasteiger partial charge in [-0.1, -0.05) is 26.7 Å². The monoisotopic (exact) mass is 278 g/mol.